The third-order valence-electron chi connectivity index (χ3n) is 3.21. The molecule has 0 saturated heterocycles. The third-order valence-corrected chi connectivity index (χ3v) is 3.21. The van der Waals surface area contributed by atoms with E-state index in [1.165, 1.54) is 5.56 Å². The van der Waals surface area contributed by atoms with Gasteiger partial charge in [-0.2, -0.15) is 0 Å². The van der Waals surface area contributed by atoms with Crippen LogP contribution in [0.1, 0.15) is 38.7 Å². The zero-order chi connectivity index (χ0) is 10.4. The van der Waals surface area contributed by atoms with Crippen molar-refractivity contribution in [3.05, 3.63) is 35.9 Å². The van der Waals surface area contributed by atoms with Gasteiger partial charge in [0.25, 0.3) is 0 Å². The molecular formula is C13H18O. The van der Waals surface area contributed by atoms with Crippen LogP contribution in [0.2, 0.25) is 0 Å². The lowest BCUT2D eigenvalue weighted by Crippen LogP contribution is -2.24. The Balaban J connectivity index is 3.03. The summed E-state index contributed by atoms with van der Waals surface area (Å²) in [5.74, 6) is 0. The Morgan fingerprint density at radius 3 is 2.14 bits per heavy atom. The van der Waals surface area contributed by atoms with E-state index >= 15 is 0 Å². The first-order valence-corrected chi connectivity index (χ1v) is 5.28. The molecule has 14 heavy (non-hydrogen) atoms. The van der Waals surface area contributed by atoms with Gasteiger partial charge in [0.15, 0.2) is 0 Å². The molecule has 0 bridgehead atoms. The van der Waals surface area contributed by atoms with E-state index in [0.29, 0.717) is 6.42 Å². The van der Waals surface area contributed by atoms with E-state index in [0.717, 1.165) is 19.1 Å². The Morgan fingerprint density at radius 1 is 1.14 bits per heavy atom. The summed E-state index contributed by atoms with van der Waals surface area (Å²) in [5, 5.41) is 0. The van der Waals surface area contributed by atoms with Crippen molar-refractivity contribution >= 4 is 6.29 Å². The minimum atomic E-state index is 0.0585. The van der Waals surface area contributed by atoms with Crippen molar-refractivity contribution in [2.45, 2.75) is 38.5 Å². The second-order valence-electron chi connectivity index (χ2n) is 3.72. The summed E-state index contributed by atoms with van der Waals surface area (Å²) in [5.41, 5.74) is 1.35. The predicted molar refractivity (Wildman–Crippen MR) is 59.4 cm³/mol. The van der Waals surface area contributed by atoms with Gasteiger partial charge in [0, 0.05) is 11.8 Å². The lowest BCUT2D eigenvalue weighted by atomic mass is 9.74. The first-order chi connectivity index (χ1) is 6.79. The van der Waals surface area contributed by atoms with Gasteiger partial charge in [-0.25, -0.2) is 0 Å². The molecule has 0 spiro atoms. The lowest BCUT2D eigenvalue weighted by Gasteiger charge is -2.30. The van der Waals surface area contributed by atoms with Crippen LogP contribution in [-0.4, -0.2) is 6.29 Å². The van der Waals surface area contributed by atoms with Gasteiger partial charge in [-0.15, -0.1) is 0 Å². The summed E-state index contributed by atoms with van der Waals surface area (Å²) in [6.45, 7) is 4.31. The molecule has 1 aromatic carbocycles. The smallest absolute Gasteiger partial charge is 0.120 e. The van der Waals surface area contributed by atoms with Crippen molar-refractivity contribution in [1.29, 1.82) is 0 Å². The zero-order valence-corrected chi connectivity index (χ0v) is 8.99. The Labute approximate surface area is 86.1 Å². The number of benzene rings is 1. The van der Waals surface area contributed by atoms with Gasteiger partial charge in [0.05, 0.1) is 0 Å². The van der Waals surface area contributed by atoms with Crippen molar-refractivity contribution < 1.29 is 4.79 Å². The van der Waals surface area contributed by atoms with E-state index in [4.69, 9.17) is 0 Å². The van der Waals surface area contributed by atoms with Crippen molar-refractivity contribution in [2.75, 3.05) is 0 Å². The summed E-state index contributed by atoms with van der Waals surface area (Å²) >= 11 is 0. The van der Waals surface area contributed by atoms with Crippen LogP contribution in [0, 0.1) is 0 Å². The summed E-state index contributed by atoms with van der Waals surface area (Å²) in [6, 6.07) is 10.3. The summed E-state index contributed by atoms with van der Waals surface area (Å²) in [6.07, 6.45) is 3.71. The van der Waals surface area contributed by atoms with E-state index in [1.54, 1.807) is 0 Å². The second kappa shape index (κ2) is 4.94. The van der Waals surface area contributed by atoms with Crippen LogP contribution < -0.4 is 0 Å². The van der Waals surface area contributed by atoms with Crippen LogP contribution in [0.4, 0.5) is 0 Å². The van der Waals surface area contributed by atoms with Crippen molar-refractivity contribution in [2.24, 2.45) is 0 Å². The van der Waals surface area contributed by atoms with E-state index < -0.39 is 0 Å². The minimum Gasteiger partial charge on any atom is -0.303 e. The average molecular weight is 190 g/mol. The average Bonchev–Trinajstić information content (AvgIpc) is 2.27. The van der Waals surface area contributed by atoms with Gasteiger partial charge in [0.2, 0.25) is 0 Å². The number of hydrogen-bond donors (Lipinski definition) is 0. The van der Waals surface area contributed by atoms with E-state index in [9.17, 15) is 4.79 Å². The number of hydrogen-bond acceptors (Lipinski definition) is 1. The molecule has 0 radical (unpaired) electrons. The molecule has 0 aliphatic carbocycles. The number of carbonyl (C=O) groups excluding carboxylic acids is 1. The molecule has 0 aliphatic heterocycles. The molecule has 0 amide bonds. The maximum atomic E-state index is 10.7. The highest BCUT2D eigenvalue weighted by atomic mass is 16.1. The fourth-order valence-corrected chi connectivity index (χ4v) is 2.02. The second-order valence-corrected chi connectivity index (χ2v) is 3.72. The molecule has 0 unspecified atom stereocenters. The summed E-state index contributed by atoms with van der Waals surface area (Å²) in [7, 11) is 0. The van der Waals surface area contributed by atoms with Crippen molar-refractivity contribution in [1.82, 2.24) is 0 Å². The molecule has 0 heterocycles. The maximum absolute atomic E-state index is 10.7. The van der Waals surface area contributed by atoms with Crippen molar-refractivity contribution in [3.63, 3.8) is 0 Å². The van der Waals surface area contributed by atoms with Crippen LogP contribution in [0.25, 0.3) is 0 Å². The van der Waals surface area contributed by atoms with Crippen LogP contribution in [-0.2, 0) is 10.2 Å². The molecule has 1 heteroatoms. The van der Waals surface area contributed by atoms with Crippen LogP contribution in [0.3, 0.4) is 0 Å². The summed E-state index contributed by atoms with van der Waals surface area (Å²) < 4.78 is 0. The van der Waals surface area contributed by atoms with Crippen molar-refractivity contribution in [3.8, 4) is 0 Å². The van der Waals surface area contributed by atoms with Gasteiger partial charge in [0.1, 0.15) is 6.29 Å². The largest absolute Gasteiger partial charge is 0.303 e. The molecule has 0 atom stereocenters. The van der Waals surface area contributed by atoms with E-state index in [2.05, 4.69) is 26.0 Å². The predicted octanol–water partition coefficient (Wildman–Crippen LogP) is 3.33. The quantitative estimate of drug-likeness (QED) is 0.651. The number of carbonyl (C=O) groups is 1. The third kappa shape index (κ3) is 2.03. The Bertz CT molecular complexity index is 273. The number of rotatable bonds is 5. The molecule has 0 aliphatic rings. The van der Waals surface area contributed by atoms with E-state index in [-0.39, 0.29) is 5.41 Å². The van der Waals surface area contributed by atoms with Crippen LogP contribution in [0.5, 0.6) is 0 Å². The molecule has 1 nitrogen and oxygen atoms in total. The highest BCUT2D eigenvalue weighted by Crippen LogP contribution is 2.33. The normalized spacial score (nSPS) is 11.3. The fourth-order valence-electron chi connectivity index (χ4n) is 2.02. The highest BCUT2D eigenvalue weighted by molar-refractivity contribution is 5.53. The van der Waals surface area contributed by atoms with Crippen LogP contribution in [0.15, 0.2) is 30.3 Å². The molecule has 0 aromatic heterocycles. The standard InChI is InChI=1S/C13H18O/c1-3-13(4-2,10-11-14)12-8-6-5-7-9-12/h5-9,11H,3-4,10H2,1-2H3. The van der Waals surface area contributed by atoms with E-state index in [1.807, 2.05) is 18.2 Å². The Kier molecular flexibility index (Phi) is 3.87. The lowest BCUT2D eigenvalue weighted by molar-refractivity contribution is -0.109. The fraction of sp³-hybridized carbons (Fsp3) is 0.462. The molecule has 1 rings (SSSR count). The highest BCUT2D eigenvalue weighted by Gasteiger charge is 2.27. The SMILES string of the molecule is CCC(CC)(CC=O)c1ccccc1. The van der Waals surface area contributed by atoms with Gasteiger partial charge >= 0.3 is 0 Å². The Morgan fingerprint density at radius 2 is 1.71 bits per heavy atom. The number of aldehydes is 1. The molecular weight excluding hydrogens is 172 g/mol. The van der Waals surface area contributed by atoms with Gasteiger partial charge in [-0.3, -0.25) is 0 Å². The molecule has 0 saturated carbocycles. The zero-order valence-electron chi connectivity index (χ0n) is 8.99. The monoisotopic (exact) mass is 190 g/mol. The maximum Gasteiger partial charge on any atom is 0.120 e. The topological polar surface area (TPSA) is 17.1 Å². The molecule has 1 aromatic rings. The Hall–Kier alpha value is -1.11. The molecule has 0 fully saturated rings. The van der Waals surface area contributed by atoms with Gasteiger partial charge in [-0.05, 0) is 18.4 Å². The van der Waals surface area contributed by atoms with Crippen LogP contribution >= 0.6 is 0 Å². The van der Waals surface area contributed by atoms with Gasteiger partial charge in [-0.1, -0.05) is 44.2 Å². The first-order valence-electron chi connectivity index (χ1n) is 5.28. The molecule has 76 valence electrons. The first kappa shape index (κ1) is 11.0. The summed E-state index contributed by atoms with van der Waals surface area (Å²) in [4.78, 5) is 10.7. The van der Waals surface area contributed by atoms with Gasteiger partial charge < -0.3 is 4.79 Å². The minimum absolute atomic E-state index is 0.0585. The molecule has 0 N–H and O–H groups in total.